The van der Waals surface area contributed by atoms with Crippen LogP contribution in [0.2, 0.25) is 0 Å². The second-order valence-electron chi connectivity index (χ2n) is 7.56. The van der Waals surface area contributed by atoms with Crippen molar-refractivity contribution in [2.24, 2.45) is 5.92 Å². The van der Waals surface area contributed by atoms with Crippen LogP contribution in [-0.4, -0.2) is 42.6 Å². The van der Waals surface area contributed by atoms with Crippen LogP contribution in [-0.2, 0) is 27.2 Å². The Morgan fingerprint density at radius 3 is 2.52 bits per heavy atom. The summed E-state index contributed by atoms with van der Waals surface area (Å²) in [5.74, 6) is -0.0467. The predicted molar refractivity (Wildman–Crippen MR) is 111 cm³/mol. The van der Waals surface area contributed by atoms with Crippen molar-refractivity contribution < 1.29 is 23.9 Å². The van der Waals surface area contributed by atoms with E-state index in [4.69, 9.17) is 9.47 Å². The quantitative estimate of drug-likeness (QED) is 0.689. The number of anilines is 1. The van der Waals surface area contributed by atoms with E-state index >= 15 is 0 Å². The van der Waals surface area contributed by atoms with Crippen molar-refractivity contribution in [2.45, 2.75) is 65.3 Å². The second-order valence-corrected chi connectivity index (χ2v) is 8.66. The first kappa shape index (κ1) is 21.6. The standard InChI is InChI=1S/C21H30N2O5S/c1-3-27-20(25)18-15-10-11-23(21(26)28-4-2)13-16(15)29-19(18)22-17(24)12-14-8-6-5-7-9-14/h14H,3-13H2,1-2H3,(H,22,24). The van der Waals surface area contributed by atoms with Gasteiger partial charge in [0.25, 0.3) is 0 Å². The van der Waals surface area contributed by atoms with Gasteiger partial charge in [-0.25, -0.2) is 9.59 Å². The average molecular weight is 423 g/mol. The molecule has 0 aromatic carbocycles. The molecule has 1 aromatic rings. The molecule has 2 amide bonds. The van der Waals surface area contributed by atoms with E-state index in [1.54, 1.807) is 18.7 Å². The lowest BCUT2D eigenvalue weighted by Crippen LogP contribution is -2.36. The maximum Gasteiger partial charge on any atom is 0.410 e. The van der Waals surface area contributed by atoms with E-state index in [0.29, 0.717) is 49.0 Å². The van der Waals surface area contributed by atoms with Gasteiger partial charge >= 0.3 is 12.1 Å². The van der Waals surface area contributed by atoms with Gasteiger partial charge in [0.15, 0.2) is 0 Å². The van der Waals surface area contributed by atoms with Gasteiger partial charge in [0, 0.05) is 17.8 Å². The summed E-state index contributed by atoms with van der Waals surface area (Å²) >= 11 is 1.36. The first-order valence-electron chi connectivity index (χ1n) is 10.6. The van der Waals surface area contributed by atoms with Gasteiger partial charge in [-0.2, -0.15) is 0 Å². The van der Waals surface area contributed by atoms with E-state index in [0.717, 1.165) is 23.3 Å². The van der Waals surface area contributed by atoms with Crippen molar-refractivity contribution in [3.8, 4) is 0 Å². The zero-order valence-corrected chi connectivity index (χ0v) is 18.1. The predicted octanol–water partition coefficient (Wildman–Crippen LogP) is 4.35. The first-order valence-corrected chi connectivity index (χ1v) is 11.4. The van der Waals surface area contributed by atoms with Gasteiger partial charge in [-0.15, -0.1) is 11.3 Å². The number of carbonyl (C=O) groups excluding carboxylic acids is 3. The molecular weight excluding hydrogens is 392 g/mol. The summed E-state index contributed by atoms with van der Waals surface area (Å²) < 4.78 is 10.3. The molecule has 1 saturated carbocycles. The number of nitrogens with zero attached hydrogens (tertiary/aromatic N) is 1. The second kappa shape index (κ2) is 10.1. The highest BCUT2D eigenvalue weighted by molar-refractivity contribution is 7.17. The fourth-order valence-corrected chi connectivity index (χ4v) is 5.38. The summed E-state index contributed by atoms with van der Waals surface area (Å²) in [5, 5.41) is 3.51. The number of carbonyl (C=O) groups is 3. The van der Waals surface area contributed by atoms with Gasteiger partial charge < -0.3 is 19.7 Å². The lowest BCUT2D eigenvalue weighted by atomic mass is 9.87. The Balaban J connectivity index is 1.77. The van der Waals surface area contributed by atoms with Crippen LogP contribution in [0, 0.1) is 5.92 Å². The van der Waals surface area contributed by atoms with Gasteiger partial charge in [0.2, 0.25) is 5.91 Å². The molecule has 0 spiro atoms. The van der Waals surface area contributed by atoms with Crippen molar-refractivity contribution in [1.29, 1.82) is 0 Å². The normalized spacial score (nSPS) is 16.8. The van der Waals surface area contributed by atoms with Crippen molar-refractivity contribution in [3.05, 3.63) is 16.0 Å². The Labute approximate surface area is 175 Å². The molecule has 1 aliphatic carbocycles. The summed E-state index contributed by atoms with van der Waals surface area (Å²) in [6.45, 7) is 4.99. The van der Waals surface area contributed by atoms with Crippen molar-refractivity contribution in [1.82, 2.24) is 4.90 Å². The summed E-state index contributed by atoms with van der Waals surface area (Å²) in [5.41, 5.74) is 1.33. The van der Waals surface area contributed by atoms with E-state index in [2.05, 4.69) is 5.32 Å². The van der Waals surface area contributed by atoms with Crippen LogP contribution in [0.15, 0.2) is 0 Å². The van der Waals surface area contributed by atoms with E-state index in [9.17, 15) is 14.4 Å². The Morgan fingerprint density at radius 1 is 1.10 bits per heavy atom. The van der Waals surface area contributed by atoms with E-state index in [1.165, 1.54) is 30.6 Å². The molecule has 8 heteroatoms. The Kier molecular flexibility index (Phi) is 7.52. The molecule has 1 N–H and O–H groups in total. The third-order valence-electron chi connectivity index (χ3n) is 5.51. The number of rotatable bonds is 6. The highest BCUT2D eigenvalue weighted by Gasteiger charge is 2.31. The molecule has 1 fully saturated rings. The SMILES string of the molecule is CCOC(=O)c1c(NC(=O)CC2CCCCC2)sc2c1CCN(C(=O)OCC)C2. The summed E-state index contributed by atoms with van der Waals surface area (Å²) in [6.07, 6.45) is 6.47. The smallest absolute Gasteiger partial charge is 0.410 e. The Hall–Kier alpha value is -2.09. The minimum absolute atomic E-state index is 0.0525. The third-order valence-corrected chi connectivity index (χ3v) is 6.65. The number of nitrogens with one attached hydrogen (secondary N) is 1. The van der Waals surface area contributed by atoms with Gasteiger partial charge in [-0.3, -0.25) is 4.79 Å². The van der Waals surface area contributed by atoms with E-state index in [-0.39, 0.29) is 18.6 Å². The number of ether oxygens (including phenoxy) is 2. The molecule has 0 bridgehead atoms. The number of amides is 2. The van der Waals surface area contributed by atoms with Gasteiger partial charge in [0.1, 0.15) is 5.00 Å². The molecule has 2 aliphatic rings. The molecule has 2 heterocycles. The molecular formula is C21H30N2O5S. The van der Waals surface area contributed by atoms with E-state index < -0.39 is 5.97 Å². The Bertz CT molecular complexity index is 754. The molecule has 0 atom stereocenters. The molecule has 29 heavy (non-hydrogen) atoms. The molecule has 0 radical (unpaired) electrons. The number of hydrogen-bond acceptors (Lipinski definition) is 6. The number of fused-ring (bicyclic) bond motifs is 1. The van der Waals surface area contributed by atoms with Crippen LogP contribution in [0.25, 0.3) is 0 Å². The van der Waals surface area contributed by atoms with Crippen molar-refractivity contribution in [2.75, 3.05) is 25.1 Å². The van der Waals surface area contributed by atoms with Gasteiger partial charge in [0.05, 0.1) is 25.3 Å². The van der Waals surface area contributed by atoms with Crippen LogP contribution in [0.5, 0.6) is 0 Å². The average Bonchev–Trinajstić information content (AvgIpc) is 3.05. The summed E-state index contributed by atoms with van der Waals surface area (Å²) in [6, 6.07) is 0. The lowest BCUT2D eigenvalue weighted by Gasteiger charge is -2.26. The number of thiophene rings is 1. The summed E-state index contributed by atoms with van der Waals surface area (Å²) in [4.78, 5) is 39.9. The minimum atomic E-state index is -0.414. The first-order chi connectivity index (χ1) is 14.0. The van der Waals surface area contributed by atoms with Gasteiger partial charge in [-0.05, 0) is 44.6 Å². The molecule has 1 aromatic heterocycles. The van der Waals surface area contributed by atoms with Crippen LogP contribution in [0.3, 0.4) is 0 Å². The topological polar surface area (TPSA) is 84.9 Å². The van der Waals surface area contributed by atoms with Crippen LogP contribution in [0.4, 0.5) is 9.80 Å². The number of hydrogen-bond donors (Lipinski definition) is 1. The highest BCUT2D eigenvalue weighted by Crippen LogP contribution is 2.38. The largest absolute Gasteiger partial charge is 0.462 e. The maximum absolute atomic E-state index is 12.6. The van der Waals surface area contributed by atoms with Gasteiger partial charge in [-0.1, -0.05) is 19.3 Å². The maximum atomic E-state index is 12.6. The monoisotopic (exact) mass is 422 g/mol. The fourth-order valence-electron chi connectivity index (χ4n) is 4.11. The minimum Gasteiger partial charge on any atom is -0.462 e. The highest BCUT2D eigenvalue weighted by atomic mass is 32.1. The molecule has 3 rings (SSSR count). The van der Waals surface area contributed by atoms with Crippen LogP contribution < -0.4 is 5.32 Å². The third kappa shape index (κ3) is 5.29. The van der Waals surface area contributed by atoms with Crippen LogP contribution in [0.1, 0.15) is 73.2 Å². The molecule has 0 unspecified atom stereocenters. The lowest BCUT2D eigenvalue weighted by molar-refractivity contribution is -0.117. The summed E-state index contributed by atoms with van der Waals surface area (Å²) in [7, 11) is 0. The molecule has 0 saturated heterocycles. The van der Waals surface area contributed by atoms with E-state index in [1.807, 2.05) is 0 Å². The zero-order valence-electron chi connectivity index (χ0n) is 17.3. The molecule has 160 valence electrons. The van der Waals surface area contributed by atoms with Crippen molar-refractivity contribution >= 4 is 34.3 Å². The zero-order chi connectivity index (χ0) is 20.8. The van der Waals surface area contributed by atoms with Crippen molar-refractivity contribution in [3.63, 3.8) is 0 Å². The number of esters is 1. The fraction of sp³-hybridized carbons (Fsp3) is 0.667. The molecule has 1 aliphatic heterocycles. The Morgan fingerprint density at radius 2 is 1.83 bits per heavy atom. The van der Waals surface area contributed by atoms with Crippen LogP contribution >= 0.6 is 11.3 Å². The molecule has 7 nitrogen and oxygen atoms in total.